The lowest BCUT2D eigenvalue weighted by molar-refractivity contribution is -0.140. The molecule has 0 bridgehead atoms. The second kappa shape index (κ2) is 10.2. The summed E-state index contributed by atoms with van der Waals surface area (Å²) < 4.78 is 0. The molecule has 0 saturated carbocycles. The summed E-state index contributed by atoms with van der Waals surface area (Å²) in [7, 11) is 0. The van der Waals surface area contributed by atoms with E-state index in [0.29, 0.717) is 23.8 Å². The van der Waals surface area contributed by atoms with Crippen LogP contribution in [0.2, 0.25) is 0 Å². The van der Waals surface area contributed by atoms with Crippen molar-refractivity contribution in [2.45, 2.75) is 36.9 Å². The molecule has 2 unspecified atom stereocenters. The Labute approximate surface area is 184 Å². The van der Waals surface area contributed by atoms with Crippen LogP contribution in [0.4, 0.5) is 0 Å². The maximum atomic E-state index is 13.1. The van der Waals surface area contributed by atoms with Crippen LogP contribution >= 0.6 is 23.5 Å². The van der Waals surface area contributed by atoms with Gasteiger partial charge >= 0.3 is 0 Å². The van der Waals surface area contributed by atoms with Gasteiger partial charge in [-0.3, -0.25) is 19.2 Å². The second-order valence-electron chi connectivity index (χ2n) is 7.34. The third-order valence-electron chi connectivity index (χ3n) is 5.35. The van der Waals surface area contributed by atoms with Crippen molar-refractivity contribution < 1.29 is 19.2 Å². The molecule has 2 fully saturated rings. The molecule has 2 saturated heterocycles. The predicted octanol–water partition coefficient (Wildman–Crippen LogP) is 0.283. The maximum Gasteiger partial charge on any atom is 0.246 e. The highest BCUT2D eigenvalue weighted by Gasteiger charge is 2.41. The van der Waals surface area contributed by atoms with E-state index < -0.39 is 29.9 Å². The molecule has 1 aromatic carbocycles. The van der Waals surface area contributed by atoms with Crippen LogP contribution < -0.4 is 16.4 Å². The first kappa shape index (κ1) is 22.5. The molecular formula is C20H26N4O4S2. The van der Waals surface area contributed by atoms with Gasteiger partial charge in [-0.25, -0.2) is 0 Å². The van der Waals surface area contributed by atoms with Crippen molar-refractivity contribution in [3.63, 3.8) is 0 Å². The van der Waals surface area contributed by atoms with Gasteiger partial charge in [0.2, 0.25) is 23.6 Å². The molecule has 1 aromatic rings. The number of nitrogens with zero attached hydrogens (tertiary/aromatic N) is 1. The molecule has 4 amide bonds. The molecule has 2 aliphatic heterocycles. The van der Waals surface area contributed by atoms with Gasteiger partial charge in [0.1, 0.15) is 18.1 Å². The van der Waals surface area contributed by atoms with E-state index in [1.807, 2.05) is 36.6 Å². The molecule has 0 radical (unpaired) electrons. The molecule has 4 atom stereocenters. The number of nitrogens with two attached hydrogens (primary N) is 1. The van der Waals surface area contributed by atoms with Crippen LogP contribution in [0.3, 0.4) is 0 Å². The number of primary amides is 1. The Bertz CT molecular complexity index is 807. The Kier molecular flexibility index (Phi) is 7.65. The van der Waals surface area contributed by atoms with Crippen LogP contribution in [-0.4, -0.2) is 70.3 Å². The summed E-state index contributed by atoms with van der Waals surface area (Å²) in [5.41, 5.74) is 6.34. The largest absolute Gasteiger partial charge is 0.368 e. The van der Waals surface area contributed by atoms with E-state index in [9.17, 15) is 19.2 Å². The molecule has 2 heterocycles. The highest BCUT2D eigenvalue weighted by molar-refractivity contribution is 7.99. The third-order valence-corrected chi connectivity index (χ3v) is 7.01. The number of thioether (sulfide) groups is 2. The minimum absolute atomic E-state index is 0.194. The molecule has 0 spiro atoms. The molecule has 30 heavy (non-hydrogen) atoms. The van der Waals surface area contributed by atoms with Crippen LogP contribution in [0.15, 0.2) is 30.3 Å². The minimum atomic E-state index is -0.778. The first-order valence-corrected chi connectivity index (χ1v) is 12.3. The van der Waals surface area contributed by atoms with Gasteiger partial charge < -0.3 is 21.3 Å². The van der Waals surface area contributed by atoms with Crippen molar-refractivity contribution in [2.24, 2.45) is 5.73 Å². The van der Waals surface area contributed by atoms with Crippen LogP contribution in [0.25, 0.3) is 0 Å². The van der Waals surface area contributed by atoms with Crippen molar-refractivity contribution in [3.8, 4) is 0 Å². The molecule has 3 rings (SSSR count). The monoisotopic (exact) mass is 450 g/mol. The summed E-state index contributed by atoms with van der Waals surface area (Å²) in [5, 5.41) is 5.57. The standard InChI is InChI=1S/C20H26N4O4S2/c1-29-8-7-14(20(28)24-11-30-10-15(24)18(21)26)22-19(27)17-13(9-16(25)23-17)12-5-3-2-4-6-12/h2-6,13-15,17H,7-11H2,1H3,(H2,21,26)(H,22,27)(H,23,25)/t13?,14-,15?,17-/m0/s1. The lowest BCUT2D eigenvalue weighted by atomic mass is 9.91. The van der Waals surface area contributed by atoms with Gasteiger partial charge in [0.15, 0.2) is 0 Å². The van der Waals surface area contributed by atoms with E-state index >= 15 is 0 Å². The molecule has 4 N–H and O–H groups in total. The zero-order valence-electron chi connectivity index (χ0n) is 16.7. The van der Waals surface area contributed by atoms with Crippen molar-refractivity contribution in [2.75, 3.05) is 23.6 Å². The van der Waals surface area contributed by atoms with Gasteiger partial charge in [-0.15, -0.1) is 11.8 Å². The van der Waals surface area contributed by atoms with E-state index in [1.165, 1.54) is 16.7 Å². The average Bonchev–Trinajstić information content (AvgIpc) is 3.38. The van der Waals surface area contributed by atoms with Gasteiger partial charge in [-0.2, -0.15) is 11.8 Å². The zero-order valence-corrected chi connectivity index (χ0v) is 18.3. The number of amides is 4. The van der Waals surface area contributed by atoms with Gasteiger partial charge in [-0.05, 0) is 24.0 Å². The van der Waals surface area contributed by atoms with Gasteiger partial charge in [0, 0.05) is 18.1 Å². The summed E-state index contributed by atoms with van der Waals surface area (Å²) in [6, 6.07) is 7.20. The summed E-state index contributed by atoms with van der Waals surface area (Å²) in [6.07, 6.45) is 2.57. The van der Waals surface area contributed by atoms with Crippen molar-refractivity contribution >= 4 is 47.2 Å². The topological polar surface area (TPSA) is 122 Å². The Morgan fingerprint density at radius 1 is 1.33 bits per heavy atom. The first-order chi connectivity index (χ1) is 14.4. The summed E-state index contributed by atoms with van der Waals surface area (Å²) in [4.78, 5) is 51.4. The number of carbonyl (C=O) groups excluding carboxylic acids is 4. The maximum absolute atomic E-state index is 13.1. The lowest BCUT2D eigenvalue weighted by Gasteiger charge is -2.28. The normalized spacial score (nSPS) is 24.4. The number of carbonyl (C=O) groups is 4. The third kappa shape index (κ3) is 5.10. The van der Waals surface area contributed by atoms with Crippen molar-refractivity contribution in [3.05, 3.63) is 35.9 Å². The molecule has 0 aliphatic carbocycles. The van der Waals surface area contributed by atoms with Crippen LogP contribution in [-0.2, 0) is 19.2 Å². The lowest BCUT2D eigenvalue weighted by Crippen LogP contribution is -2.56. The number of hydrogen-bond donors (Lipinski definition) is 3. The average molecular weight is 451 g/mol. The number of benzene rings is 1. The minimum Gasteiger partial charge on any atom is -0.368 e. The summed E-state index contributed by atoms with van der Waals surface area (Å²) in [5.74, 6) is -0.252. The molecule has 2 aliphatic rings. The first-order valence-electron chi connectivity index (χ1n) is 9.73. The van der Waals surface area contributed by atoms with Crippen molar-refractivity contribution in [1.29, 1.82) is 0 Å². The van der Waals surface area contributed by atoms with E-state index in [4.69, 9.17) is 5.73 Å². The Hall–Kier alpha value is -2.20. The molecule has 8 nitrogen and oxygen atoms in total. The van der Waals surface area contributed by atoms with E-state index in [1.54, 1.807) is 11.8 Å². The van der Waals surface area contributed by atoms with E-state index in [-0.39, 0.29) is 24.2 Å². The summed E-state index contributed by atoms with van der Waals surface area (Å²) in [6.45, 7) is 0. The molecule has 0 aromatic heterocycles. The predicted molar refractivity (Wildman–Crippen MR) is 118 cm³/mol. The fraction of sp³-hybridized carbons (Fsp3) is 0.500. The van der Waals surface area contributed by atoms with Crippen LogP contribution in [0.5, 0.6) is 0 Å². The Balaban J connectivity index is 1.75. The van der Waals surface area contributed by atoms with Crippen molar-refractivity contribution in [1.82, 2.24) is 15.5 Å². The fourth-order valence-electron chi connectivity index (χ4n) is 3.76. The molecular weight excluding hydrogens is 424 g/mol. The SMILES string of the molecule is CSCC[C@H](NC(=O)[C@H]1NC(=O)CC1c1ccccc1)C(=O)N1CSCC1C(N)=O. The number of rotatable bonds is 8. The zero-order chi connectivity index (χ0) is 21.7. The van der Waals surface area contributed by atoms with Gasteiger partial charge in [0.25, 0.3) is 0 Å². The highest BCUT2D eigenvalue weighted by atomic mass is 32.2. The fourth-order valence-corrected chi connectivity index (χ4v) is 5.41. The van der Waals surface area contributed by atoms with Crippen LogP contribution in [0, 0.1) is 0 Å². The summed E-state index contributed by atoms with van der Waals surface area (Å²) >= 11 is 3.03. The number of nitrogens with one attached hydrogen (secondary N) is 2. The second-order valence-corrected chi connectivity index (χ2v) is 9.32. The number of hydrogen-bond acceptors (Lipinski definition) is 6. The van der Waals surface area contributed by atoms with Gasteiger partial charge in [-0.1, -0.05) is 30.3 Å². The molecule has 10 heteroatoms. The Morgan fingerprint density at radius 2 is 2.07 bits per heavy atom. The molecule has 162 valence electrons. The highest BCUT2D eigenvalue weighted by Crippen LogP contribution is 2.29. The van der Waals surface area contributed by atoms with E-state index in [0.717, 1.165) is 5.56 Å². The van der Waals surface area contributed by atoms with E-state index in [2.05, 4.69) is 10.6 Å². The Morgan fingerprint density at radius 3 is 2.73 bits per heavy atom. The smallest absolute Gasteiger partial charge is 0.246 e. The quantitative estimate of drug-likeness (QED) is 0.523. The van der Waals surface area contributed by atoms with Gasteiger partial charge in [0.05, 0.1) is 5.88 Å². The van der Waals surface area contributed by atoms with Crippen LogP contribution in [0.1, 0.15) is 24.3 Å².